The van der Waals surface area contributed by atoms with Crippen molar-refractivity contribution in [2.75, 3.05) is 0 Å². The summed E-state index contributed by atoms with van der Waals surface area (Å²) in [6.07, 6.45) is 0. The third kappa shape index (κ3) is 3.58. The van der Waals surface area contributed by atoms with Crippen molar-refractivity contribution in [1.82, 2.24) is 14.6 Å². The normalized spacial score (nSPS) is 11.2. The van der Waals surface area contributed by atoms with E-state index in [1.165, 1.54) is 5.56 Å². The molecule has 30 heavy (non-hydrogen) atoms. The Morgan fingerprint density at radius 3 is 1.77 bits per heavy atom. The van der Waals surface area contributed by atoms with E-state index in [0.717, 1.165) is 39.4 Å². The maximum Gasteiger partial charge on any atom is 0.156 e. The first-order chi connectivity index (χ1) is 14.6. The van der Waals surface area contributed by atoms with E-state index in [0.29, 0.717) is 10.0 Å². The molecular weight excluding hydrogens is 413 g/mol. The number of halogens is 2. The number of fused-ring (bicyclic) bond motifs is 1. The average Bonchev–Trinajstić information content (AvgIpc) is 3.19. The Morgan fingerprint density at radius 2 is 1.17 bits per heavy atom. The Hall–Kier alpha value is -3.14. The molecule has 5 aromatic rings. The van der Waals surface area contributed by atoms with E-state index in [2.05, 4.69) is 37.3 Å². The molecule has 0 atom stereocenters. The lowest BCUT2D eigenvalue weighted by Crippen LogP contribution is -1.98. The van der Waals surface area contributed by atoms with Gasteiger partial charge in [-0.05, 0) is 37.3 Å². The Bertz CT molecular complexity index is 1340. The quantitative estimate of drug-likeness (QED) is 0.300. The molecule has 5 heteroatoms. The Kier molecular flexibility index (Phi) is 4.78. The fourth-order valence-corrected chi connectivity index (χ4v) is 3.69. The summed E-state index contributed by atoms with van der Waals surface area (Å²) in [4.78, 5) is 4.87. The molecule has 2 aromatic heterocycles. The van der Waals surface area contributed by atoms with Crippen LogP contribution >= 0.6 is 23.2 Å². The van der Waals surface area contributed by atoms with Crippen LogP contribution in [0.3, 0.4) is 0 Å². The lowest BCUT2D eigenvalue weighted by atomic mass is 10.1. The summed E-state index contributed by atoms with van der Waals surface area (Å²) in [5.41, 5.74) is 7.77. The fraction of sp³-hybridized carbons (Fsp3) is 0.0400. The highest BCUT2D eigenvalue weighted by Gasteiger charge is 2.13. The van der Waals surface area contributed by atoms with Gasteiger partial charge in [0.1, 0.15) is 0 Å². The van der Waals surface area contributed by atoms with Crippen LogP contribution in [0.25, 0.3) is 39.4 Å². The van der Waals surface area contributed by atoms with Crippen molar-refractivity contribution in [2.45, 2.75) is 6.92 Å². The number of hydrogen-bond acceptors (Lipinski definition) is 2. The van der Waals surface area contributed by atoms with E-state index in [1.807, 2.05) is 59.1 Å². The van der Waals surface area contributed by atoms with Gasteiger partial charge in [0, 0.05) is 32.8 Å². The van der Waals surface area contributed by atoms with Gasteiger partial charge in [-0.25, -0.2) is 9.50 Å². The van der Waals surface area contributed by atoms with E-state index in [9.17, 15) is 0 Å². The maximum absolute atomic E-state index is 6.07. The van der Waals surface area contributed by atoms with Gasteiger partial charge < -0.3 is 0 Å². The van der Waals surface area contributed by atoms with Gasteiger partial charge in [-0.1, -0.05) is 77.3 Å². The predicted octanol–water partition coefficient (Wildman–Crippen LogP) is 7.35. The summed E-state index contributed by atoms with van der Waals surface area (Å²) < 4.78 is 1.90. The molecule has 0 aliphatic heterocycles. The molecule has 0 bridgehead atoms. The van der Waals surface area contributed by atoms with Gasteiger partial charge in [-0.15, -0.1) is 0 Å². The van der Waals surface area contributed by atoms with Crippen LogP contribution in [0, 0.1) is 6.92 Å². The highest BCUT2D eigenvalue weighted by atomic mass is 35.5. The van der Waals surface area contributed by atoms with E-state index in [4.69, 9.17) is 33.3 Å². The zero-order valence-corrected chi connectivity index (χ0v) is 17.7. The molecule has 0 aliphatic rings. The first-order valence-corrected chi connectivity index (χ1v) is 10.3. The van der Waals surface area contributed by atoms with Crippen molar-refractivity contribution >= 4 is 28.8 Å². The molecule has 0 spiro atoms. The maximum atomic E-state index is 6.07. The SMILES string of the molecule is Cc1ccc(-c2cc(-c3ccc(Cl)cc3)nc3cc(-c4ccc(Cl)cc4)nn23)cc1. The van der Waals surface area contributed by atoms with Crippen molar-refractivity contribution in [3.63, 3.8) is 0 Å². The highest BCUT2D eigenvalue weighted by molar-refractivity contribution is 6.30. The van der Waals surface area contributed by atoms with Crippen LogP contribution in [0.15, 0.2) is 84.9 Å². The van der Waals surface area contributed by atoms with Crippen molar-refractivity contribution in [1.29, 1.82) is 0 Å². The van der Waals surface area contributed by atoms with Crippen LogP contribution in [0.2, 0.25) is 10.0 Å². The summed E-state index contributed by atoms with van der Waals surface area (Å²) >= 11 is 12.1. The molecule has 0 unspecified atom stereocenters. The number of nitrogens with zero attached hydrogens (tertiary/aromatic N) is 3. The zero-order chi connectivity index (χ0) is 20.7. The Balaban J connectivity index is 1.74. The van der Waals surface area contributed by atoms with Gasteiger partial charge in [-0.2, -0.15) is 5.10 Å². The standard InChI is InChI=1S/C25H17Cl2N3/c1-16-2-4-19(5-3-16)24-14-22(17-6-10-20(26)11-7-17)28-25-15-23(29-30(24)25)18-8-12-21(27)13-9-18/h2-15H,1H3. The molecule has 0 saturated heterocycles. The van der Waals surface area contributed by atoms with E-state index in [1.54, 1.807) is 0 Å². The molecular formula is C25H17Cl2N3. The topological polar surface area (TPSA) is 30.2 Å². The molecule has 3 nitrogen and oxygen atoms in total. The summed E-state index contributed by atoms with van der Waals surface area (Å²) in [5, 5.41) is 6.25. The first-order valence-electron chi connectivity index (χ1n) is 9.56. The fourth-order valence-electron chi connectivity index (χ4n) is 3.43. The second-order valence-electron chi connectivity index (χ2n) is 7.21. The van der Waals surface area contributed by atoms with Crippen molar-refractivity contribution in [3.05, 3.63) is 101 Å². The second-order valence-corrected chi connectivity index (χ2v) is 8.08. The predicted molar refractivity (Wildman–Crippen MR) is 124 cm³/mol. The van der Waals surface area contributed by atoms with Crippen molar-refractivity contribution < 1.29 is 0 Å². The molecule has 3 aromatic carbocycles. The minimum absolute atomic E-state index is 0.700. The van der Waals surface area contributed by atoms with Gasteiger partial charge in [0.2, 0.25) is 0 Å². The number of aromatic nitrogens is 3. The summed E-state index contributed by atoms with van der Waals surface area (Å²) in [7, 11) is 0. The van der Waals surface area contributed by atoms with Gasteiger partial charge in [0.25, 0.3) is 0 Å². The monoisotopic (exact) mass is 429 g/mol. The minimum Gasteiger partial charge on any atom is -0.228 e. The number of hydrogen-bond donors (Lipinski definition) is 0. The first kappa shape index (κ1) is 18.9. The van der Waals surface area contributed by atoms with Crippen molar-refractivity contribution in [2.24, 2.45) is 0 Å². The number of benzene rings is 3. The molecule has 0 fully saturated rings. The van der Waals surface area contributed by atoms with Gasteiger partial charge in [0.05, 0.1) is 17.1 Å². The van der Waals surface area contributed by atoms with Crippen LogP contribution < -0.4 is 0 Å². The van der Waals surface area contributed by atoms with Gasteiger partial charge in [0.15, 0.2) is 5.65 Å². The molecule has 2 heterocycles. The molecule has 0 radical (unpaired) electrons. The third-order valence-electron chi connectivity index (χ3n) is 5.05. The van der Waals surface area contributed by atoms with Crippen molar-refractivity contribution in [3.8, 4) is 33.8 Å². The average molecular weight is 430 g/mol. The highest BCUT2D eigenvalue weighted by Crippen LogP contribution is 2.30. The van der Waals surface area contributed by atoms with E-state index < -0.39 is 0 Å². The van der Waals surface area contributed by atoms with E-state index in [-0.39, 0.29) is 0 Å². The van der Waals surface area contributed by atoms with Crippen LogP contribution in [0.5, 0.6) is 0 Å². The summed E-state index contributed by atoms with van der Waals surface area (Å²) in [6.45, 7) is 2.08. The van der Waals surface area contributed by atoms with Crippen LogP contribution in [0.4, 0.5) is 0 Å². The zero-order valence-electron chi connectivity index (χ0n) is 16.2. The molecule has 0 saturated carbocycles. The summed E-state index contributed by atoms with van der Waals surface area (Å²) in [5.74, 6) is 0. The Morgan fingerprint density at radius 1 is 0.633 bits per heavy atom. The smallest absolute Gasteiger partial charge is 0.156 e. The lowest BCUT2D eigenvalue weighted by Gasteiger charge is -2.09. The Labute approximate surface area is 184 Å². The molecule has 0 aliphatic carbocycles. The van der Waals surface area contributed by atoms with Crippen LogP contribution in [-0.2, 0) is 0 Å². The largest absolute Gasteiger partial charge is 0.228 e. The van der Waals surface area contributed by atoms with E-state index >= 15 is 0 Å². The van der Waals surface area contributed by atoms with Crippen LogP contribution in [-0.4, -0.2) is 14.6 Å². The molecule has 5 rings (SSSR count). The van der Waals surface area contributed by atoms with Gasteiger partial charge >= 0.3 is 0 Å². The number of rotatable bonds is 3. The minimum atomic E-state index is 0.700. The molecule has 146 valence electrons. The van der Waals surface area contributed by atoms with Crippen LogP contribution in [0.1, 0.15) is 5.56 Å². The second kappa shape index (κ2) is 7.60. The molecule has 0 N–H and O–H groups in total. The van der Waals surface area contributed by atoms with Gasteiger partial charge in [-0.3, -0.25) is 0 Å². The molecule has 0 amide bonds. The lowest BCUT2D eigenvalue weighted by molar-refractivity contribution is 0.953. The number of aryl methyl sites for hydroxylation is 1. The summed E-state index contributed by atoms with van der Waals surface area (Å²) in [6, 6.07) is 27.9. The third-order valence-corrected chi connectivity index (χ3v) is 5.56.